The lowest BCUT2D eigenvalue weighted by atomic mass is 9.97. The molecule has 2 aromatic rings. The van der Waals surface area contributed by atoms with Crippen molar-refractivity contribution in [2.45, 2.75) is 25.8 Å². The number of nitrogens with one attached hydrogen (secondary N) is 1. The summed E-state index contributed by atoms with van der Waals surface area (Å²) in [5.74, 6) is 1.30. The van der Waals surface area contributed by atoms with Gasteiger partial charge in [0.2, 0.25) is 5.91 Å². The van der Waals surface area contributed by atoms with Gasteiger partial charge in [-0.3, -0.25) is 9.69 Å². The minimum absolute atomic E-state index is 0.126. The van der Waals surface area contributed by atoms with Crippen molar-refractivity contribution >= 4 is 29.0 Å². The number of nitrogens with zero attached hydrogens (tertiary/aromatic N) is 5. The Morgan fingerprint density at radius 1 is 1.09 bits per heavy atom. The zero-order valence-corrected chi connectivity index (χ0v) is 20.1. The van der Waals surface area contributed by atoms with Crippen LogP contribution in [0.5, 0.6) is 0 Å². The van der Waals surface area contributed by atoms with E-state index in [1.54, 1.807) is 0 Å². The number of halogens is 1. The molecule has 0 aliphatic carbocycles. The number of hydrogen-bond acceptors (Lipinski definition) is 6. The van der Waals surface area contributed by atoms with Crippen LogP contribution < -0.4 is 10.2 Å². The number of amides is 1. The lowest BCUT2D eigenvalue weighted by Gasteiger charge is -2.37. The van der Waals surface area contributed by atoms with E-state index in [2.05, 4.69) is 46.3 Å². The molecule has 1 unspecified atom stereocenters. The molecule has 1 atom stereocenters. The summed E-state index contributed by atoms with van der Waals surface area (Å²) in [4.78, 5) is 19.2. The summed E-state index contributed by atoms with van der Waals surface area (Å²) in [6.07, 6.45) is 1.07. The predicted octanol–water partition coefficient (Wildman–Crippen LogP) is 2.48. The molecule has 33 heavy (non-hydrogen) atoms. The number of benzene rings is 1. The van der Waals surface area contributed by atoms with E-state index in [1.165, 1.54) is 11.3 Å². The van der Waals surface area contributed by atoms with Crippen LogP contribution in [0.3, 0.4) is 0 Å². The third-order valence-corrected chi connectivity index (χ3v) is 7.39. The quantitative estimate of drug-likeness (QED) is 0.721. The van der Waals surface area contributed by atoms with Gasteiger partial charge in [-0.1, -0.05) is 30.7 Å². The Kier molecular flexibility index (Phi) is 6.76. The summed E-state index contributed by atoms with van der Waals surface area (Å²) in [6.45, 7) is 10.9. The van der Waals surface area contributed by atoms with Crippen molar-refractivity contribution in [3.63, 3.8) is 0 Å². The van der Waals surface area contributed by atoms with Crippen LogP contribution in [0.25, 0.3) is 0 Å². The molecule has 0 spiro atoms. The van der Waals surface area contributed by atoms with Gasteiger partial charge >= 0.3 is 0 Å². The topological polar surface area (TPSA) is 65.9 Å². The Labute approximate surface area is 200 Å². The summed E-state index contributed by atoms with van der Waals surface area (Å²) in [5.41, 5.74) is 3.33. The Balaban J connectivity index is 1.17. The highest BCUT2D eigenvalue weighted by Gasteiger charge is 2.25. The first-order chi connectivity index (χ1) is 16.1. The van der Waals surface area contributed by atoms with Crippen LogP contribution >= 0.6 is 11.6 Å². The van der Waals surface area contributed by atoms with Crippen LogP contribution in [-0.2, 0) is 16.1 Å². The molecule has 8 nitrogen and oxygen atoms in total. The van der Waals surface area contributed by atoms with E-state index in [9.17, 15) is 4.79 Å². The number of ether oxygens (including phenoxy) is 1. The minimum atomic E-state index is 0.126. The fourth-order valence-electron chi connectivity index (χ4n) is 4.90. The number of carbonyl (C=O) groups is 1. The third kappa shape index (κ3) is 4.83. The molecular weight excluding hydrogens is 440 g/mol. The lowest BCUT2D eigenvalue weighted by molar-refractivity contribution is -0.133. The van der Waals surface area contributed by atoms with Gasteiger partial charge in [0.25, 0.3) is 0 Å². The van der Waals surface area contributed by atoms with Crippen molar-refractivity contribution in [3.8, 4) is 0 Å². The maximum atomic E-state index is 12.7. The molecule has 0 saturated carbocycles. The number of morpholine rings is 1. The normalized spacial score (nSPS) is 20.3. The van der Waals surface area contributed by atoms with Crippen LogP contribution in [0, 0.1) is 0 Å². The molecule has 178 valence electrons. The molecule has 1 aromatic heterocycles. The summed E-state index contributed by atoms with van der Waals surface area (Å²) < 4.78 is 7.37. The zero-order valence-electron chi connectivity index (χ0n) is 19.3. The molecule has 0 bridgehead atoms. The highest BCUT2D eigenvalue weighted by Crippen LogP contribution is 2.36. The van der Waals surface area contributed by atoms with E-state index in [-0.39, 0.29) is 11.8 Å². The van der Waals surface area contributed by atoms with Crippen molar-refractivity contribution < 1.29 is 9.53 Å². The molecule has 0 radical (unpaired) electrons. The molecule has 5 rings (SSSR count). The summed E-state index contributed by atoms with van der Waals surface area (Å²) in [7, 11) is 0. The van der Waals surface area contributed by atoms with Gasteiger partial charge < -0.3 is 19.9 Å². The number of carbonyl (C=O) groups excluding carboxylic acids is 1. The monoisotopic (exact) mass is 472 g/mol. The van der Waals surface area contributed by atoms with Crippen molar-refractivity contribution in [3.05, 3.63) is 40.5 Å². The molecule has 2 saturated heterocycles. The van der Waals surface area contributed by atoms with Gasteiger partial charge in [0.1, 0.15) is 10.8 Å². The van der Waals surface area contributed by atoms with Crippen molar-refractivity contribution in [2.24, 2.45) is 0 Å². The first kappa shape index (κ1) is 22.5. The molecule has 2 fully saturated rings. The Morgan fingerprint density at radius 3 is 2.52 bits per heavy atom. The lowest BCUT2D eigenvalue weighted by Crippen LogP contribution is -2.52. The van der Waals surface area contributed by atoms with Crippen LogP contribution in [0.2, 0.25) is 5.02 Å². The van der Waals surface area contributed by atoms with Gasteiger partial charge in [-0.25, -0.2) is 4.68 Å². The molecular formula is C24H33ClN6O2. The van der Waals surface area contributed by atoms with E-state index in [1.807, 2.05) is 9.58 Å². The molecule has 1 N–H and O–H groups in total. The van der Waals surface area contributed by atoms with E-state index in [0.29, 0.717) is 6.54 Å². The van der Waals surface area contributed by atoms with Crippen LogP contribution in [-0.4, -0.2) is 91.1 Å². The van der Waals surface area contributed by atoms with Crippen LogP contribution in [0.15, 0.2) is 24.3 Å². The molecule has 1 aromatic carbocycles. The molecule has 3 aliphatic rings. The van der Waals surface area contributed by atoms with Gasteiger partial charge in [-0.15, -0.1) is 0 Å². The third-order valence-electron chi connectivity index (χ3n) is 7.02. The van der Waals surface area contributed by atoms with Gasteiger partial charge in [0.05, 0.1) is 25.5 Å². The fraction of sp³-hybridized carbons (Fsp3) is 0.583. The van der Waals surface area contributed by atoms with E-state index < -0.39 is 0 Å². The van der Waals surface area contributed by atoms with E-state index in [4.69, 9.17) is 21.4 Å². The Morgan fingerprint density at radius 2 is 1.82 bits per heavy atom. The first-order valence-electron chi connectivity index (χ1n) is 12.0. The second kappa shape index (κ2) is 9.91. The van der Waals surface area contributed by atoms with Crippen LogP contribution in [0.1, 0.15) is 30.5 Å². The second-order valence-electron chi connectivity index (χ2n) is 9.12. The fourth-order valence-corrected chi connectivity index (χ4v) is 5.26. The average molecular weight is 473 g/mol. The smallest absolute Gasteiger partial charge is 0.236 e. The first-order valence-corrected chi connectivity index (χ1v) is 12.4. The maximum Gasteiger partial charge on any atom is 0.236 e. The molecule has 3 aliphatic heterocycles. The summed E-state index contributed by atoms with van der Waals surface area (Å²) in [6, 6.07) is 8.72. The number of aromatic nitrogens is 2. The number of anilines is 2. The predicted molar refractivity (Wildman–Crippen MR) is 130 cm³/mol. The maximum absolute atomic E-state index is 12.7. The van der Waals surface area contributed by atoms with Gasteiger partial charge in [-0.2, -0.15) is 5.10 Å². The van der Waals surface area contributed by atoms with E-state index >= 15 is 0 Å². The molecule has 4 heterocycles. The van der Waals surface area contributed by atoms with Crippen LogP contribution in [0.4, 0.5) is 11.5 Å². The number of piperazine rings is 1. The Bertz CT molecular complexity index is 964. The molecule has 1 amide bonds. The largest absolute Gasteiger partial charge is 0.379 e. The zero-order chi connectivity index (χ0) is 22.8. The van der Waals surface area contributed by atoms with Crippen molar-refractivity contribution in [1.82, 2.24) is 19.6 Å². The van der Waals surface area contributed by atoms with Gasteiger partial charge in [0.15, 0.2) is 0 Å². The summed E-state index contributed by atoms with van der Waals surface area (Å²) >= 11 is 6.65. The van der Waals surface area contributed by atoms with Gasteiger partial charge in [0, 0.05) is 64.0 Å². The van der Waals surface area contributed by atoms with Crippen molar-refractivity contribution in [2.75, 3.05) is 75.8 Å². The second-order valence-corrected chi connectivity index (χ2v) is 9.50. The van der Waals surface area contributed by atoms with Gasteiger partial charge in [-0.05, 0) is 24.1 Å². The summed E-state index contributed by atoms with van der Waals surface area (Å²) in [5, 5.41) is 8.88. The highest BCUT2D eigenvalue weighted by molar-refractivity contribution is 6.33. The van der Waals surface area contributed by atoms with Crippen molar-refractivity contribution in [1.29, 1.82) is 0 Å². The number of hydrogen-bond donors (Lipinski definition) is 1. The minimum Gasteiger partial charge on any atom is -0.379 e. The number of rotatable bonds is 5. The number of fused-ring (bicyclic) bond motifs is 1. The number of aryl methyl sites for hydroxylation is 1. The molecule has 9 heteroatoms. The average Bonchev–Trinajstić information content (AvgIpc) is 3.21. The SMILES string of the molecule is CC(c1ccc(N2CCN(C(=O)CN3CCOCC3)CC2)cc1)c1nn2c(c1Cl)NCCC2. The standard InChI is InChI=1S/C24H33ClN6O2/c1-18(23-22(25)24-26-7-2-8-31(24)27-23)19-3-5-20(6-4-19)29-9-11-30(12-10-29)21(32)17-28-13-15-33-16-14-28/h3-6,18,26H,2,7-17H2,1H3. The highest BCUT2D eigenvalue weighted by atomic mass is 35.5. The Hall–Kier alpha value is -2.29. The van der Waals surface area contributed by atoms with E-state index in [0.717, 1.165) is 88.5 Å².